The summed E-state index contributed by atoms with van der Waals surface area (Å²) >= 11 is 0. The lowest BCUT2D eigenvalue weighted by molar-refractivity contribution is 0.0712. The number of pyridine rings is 1. The average Bonchev–Trinajstić information content (AvgIpc) is 3.02. The molecule has 0 radical (unpaired) electrons. The summed E-state index contributed by atoms with van der Waals surface area (Å²) in [7, 11) is 0. The molecular weight excluding hydrogens is 395 g/mol. The Kier molecular flexibility index (Phi) is 4.43. The van der Waals surface area contributed by atoms with Gasteiger partial charge < -0.3 is 9.32 Å². The zero-order chi connectivity index (χ0) is 21.7. The highest BCUT2D eigenvalue weighted by molar-refractivity contribution is 5.99. The Morgan fingerprint density at radius 1 is 1.10 bits per heavy atom. The number of fused-ring (bicyclic) bond motifs is 2. The first-order valence-electron chi connectivity index (χ1n) is 9.98. The second-order valence-electron chi connectivity index (χ2n) is 7.85. The Labute approximate surface area is 177 Å². The normalized spacial score (nSPS) is 15.5. The summed E-state index contributed by atoms with van der Waals surface area (Å²) in [6.07, 6.45) is 3.29. The number of hydrogen-bond acceptors (Lipinski definition) is 4. The zero-order valence-corrected chi connectivity index (χ0v) is 17.1. The molecule has 1 aliphatic rings. The van der Waals surface area contributed by atoms with Crippen molar-refractivity contribution in [2.45, 2.75) is 26.4 Å². The van der Waals surface area contributed by atoms with E-state index in [1.807, 2.05) is 26.0 Å². The van der Waals surface area contributed by atoms with Crippen molar-refractivity contribution in [3.05, 3.63) is 111 Å². The molecule has 0 N–H and O–H groups in total. The maximum absolute atomic E-state index is 14.9. The number of aryl methyl sites for hydroxylation is 2. The topological polar surface area (TPSA) is 63.4 Å². The van der Waals surface area contributed by atoms with Crippen LogP contribution in [0.2, 0.25) is 0 Å². The summed E-state index contributed by atoms with van der Waals surface area (Å²) in [5.41, 5.74) is 2.98. The molecule has 0 saturated heterocycles. The van der Waals surface area contributed by atoms with Gasteiger partial charge >= 0.3 is 0 Å². The van der Waals surface area contributed by atoms with Gasteiger partial charge in [0, 0.05) is 24.5 Å². The van der Waals surface area contributed by atoms with Crippen LogP contribution in [0.25, 0.3) is 11.0 Å². The summed E-state index contributed by atoms with van der Waals surface area (Å²) in [4.78, 5) is 32.6. The molecule has 6 heteroatoms. The van der Waals surface area contributed by atoms with Crippen LogP contribution in [0.5, 0.6) is 0 Å². The van der Waals surface area contributed by atoms with Gasteiger partial charge in [0.1, 0.15) is 11.4 Å². The highest BCUT2D eigenvalue weighted by Crippen LogP contribution is 2.40. The SMILES string of the molecule is Cc1cc(C)c2oc3c(c(=O)c2c1)[C@@H](c1ccccc1F)N(Cc1cccnc1)C3=O. The molecule has 31 heavy (non-hydrogen) atoms. The van der Waals surface area contributed by atoms with Crippen LogP contribution in [-0.2, 0) is 6.54 Å². The number of carbonyl (C=O) groups is 1. The molecule has 0 saturated carbocycles. The molecule has 0 bridgehead atoms. The fourth-order valence-electron chi connectivity index (χ4n) is 4.35. The molecule has 3 heterocycles. The number of carbonyl (C=O) groups excluding carboxylic acids is 1. The number of rotatable bonds is 3. The molecule has 1 amide bonds. The summed E-state index contributed by atoms with van der Waals surface area (Å²) in [5.74, 6) is -0.947. The molecule has 2 aromatic carbocycles. The molecule has 0 fully saturated rings. The number of benzene rings is 2. The molecular formula is C25H19FN2O3. The van der Waals surface area contributed by atoms with E-state index < -0.39 is 17.8 Å². The van der Waals surface area contributed by atoms with Crippen molar-refractivity contribution in [2.24, 2.45) is 0 Å². The van der Waals surface area contributed by atoms with E-state index >= 15 is 0 Å². The quantitative estimate of drug-likeness (QED) is 0.488. The predicted molar refractivity (Wildman–Crippen MR) is 114 cm³/mol. The molecule has 1 atom stereocenters. The van der Waals surface area contributed by atoms with Gasteiger partial charge in [-0.3, -0.25) is 14.6 Å². The lowest BCUT2D eigenvalue weighted by Gasteiger charge is -2.25. The summed E-state index contributed by atoms with van der Waals surface area (Å²) in [6.45, 7) is 3.91. The molecule has 0 spiro atoms. The largest absolute Gasteiger partial charge is 0.450 e. The van der Waals surface area contributed by atoms with Crippen molar-refractivity contribution < 1.29 is 13.6 Å². The fraction of sp³-hybridized carbons (Fsp3) is 0.160. The number of amides is 1. The van der Waals surface area contributed by atoms with E-state index in [2.05, 4.69) is 4.98 Å². The Morgan fingerprint density at radius 2 is 1.90 bits per heavy atom. The number of hydrogen-bond donors (Lipinski definition) is 0. The van der Waals surface area contributed by atoms with Crippen molar-refractivity contribution >= 4 is 16.9 Å². The molecule has 0 unspecified atom stereocenters. The Bertz CT molecular complexity index is 1400. The van der Waals surface area contributed by atoms with Crippen LogP contribution in [0.3, 0.4) is 0 Å². The highest BCUT2D eigenvalue weighted by atomic mass is 19.1. The van der Waals surface area contributed by atoms with E-state index in [0.717, 1.165) is 16.7 Å². The van der Waals surface area contributed by atoms with E-state index in [9.17, 15) is 14.0 Å². The van der Waals surface area contributed by atoms with Crippen molar-refractivity contribution in [2.75, 3.05) is 0 Å². The van der Waals surface area contributed by atoms with Crippen LogP contribution >= 0.6 is 0 Å². The second-order valence-corrected chi connectivity index (χ2v) is 7.85. The van der Waals surface area contributed by atoms with Gasteiger partial charge in [0.05, 0.1) is 17.0 Å². The standard InChI is InChI=1S/C25H19FN2O3/c1-14-10-15(2)23-18(11-14)22(29)20-21(17-7-3-4-8-19(17)26)28(25(30)24(20)31-23)13-16-6-5-9-27-12-16/h3-12,21H,13H2,1-2H3/t21-/m1/s1. The maximum atomic E-state index is 14.9. The van der Waals surface area contributed by atoms with Crippen molar-refractivity contribution in [1.29, 1.82) is 0 Å². The third-order valence-electron chi connectivity index (χ3n) is 5.67. The average molecular weight is 414 g/mol. The van der Waals surface area contributed by atoms with Crippen LogP contribution in [0.15, 0.2) is 70.1 Å². The molecule has 5 nitrogen and oxygen atoms in total. The summed E-state index contributed by atoms with van der Waals surface area (Å²) in [6, 6.07) is 12.6. The van der Waals surface area contributed by atoms with E-state index in [0.29, 0.717) is 11.0 Å². The van der Waals surface area contributed by atoms with E-state index in [-0.39, 0.29) is 28.9 Å². The predicted octanol–water partition coefficient (Wildman–Crippen LogP) is 4.69. The van der Waals surface area contributed by atoms with Crippen molar-refractivity contribution in [3.8, 4) is 0 Å². The molecule has 0 aliphatic carbocycles. The second kappa shape index (κ2) is 7.16. The fourth-order valence-corrected chi connectivity index (χ4v) is 4.35. The first-order chi connectivity index (χ1) is 15.0. The Morgan fingerprint density at radius 3 is 2.65 bits per heavy atom. The van der Waals surface area contributed by atoms with Gasteiger partial charge in [-0.2, -0.15) is 0 Å². The van der Waals surface area contributed by atoms with Gasteiger partial charge in [-0.15, -0.1) is 0 Å². The Hall–Kier alpha value is -3.80. The van der Waals surface area contributed by atoms with Gasteiger partial charge in [0.2, 0.25) is 5.76 Å². The summed E-state index contributed by atoms with van der Waals surface area (Å²) in [5, 5.41) is 0.397. The van der Waals surface area contributed by atoms with Crippen LogP contribution in [0.4, 0.5) is 4.39 Å². The molecule has 2 aromatic heterocycles. The first-order valence-corrected chi connectivity index (χ1v) is 9.98. The summed E-state index contributed by atoms with van der Waals surface area (Å²) < 4.78 is 20.9. The number of aromatic nitrogens is 1. The zero-order valence-electron chi connectivity index (χ0n) is 17.1. The van der Waals surface area contributed by atoms with Gasteiger partial charge in [-0.1, -0.05) is 30.3 Å². The van der Waals surface area contributed by atoms with Gasteiger partial charge in [-0.05, 0) is 48.7 Å². The van der Waals surface area contributed by atoms with Crippen molar-refractivity contribution in [1.82, 2.24) is 9.88 Å². The van der Waals surface area contributed by atoms with E-state index in [1.54, 1.807) is 42.7 Å². The molecule has 1 aliphatic heterocycles. The van der Waals surface area contributed by atoms with Gasteiger partial charge in [-0.25, -0.2) is 4.39 Å². The smallest absolute Gasteiger partial charge is 0.291 e. The monoisotopic (exact) mass is 414 g/mol. The van der Waals surface area contributed by atoms with Crippen LogP contribution < -0.4 is 5.43 Å². The minimum atomic E-state index is -0.884. The van der Waals surface area contributed by atoms with E-state index in [1.165, 1.54) is 11.0 Å². The minimum absolute atomic E-state index is 0.0263. The van der Waals surface area contributed by atoms with Gasteiger partial charge in [0.15, 0.2) is 5.43 Å². The number of halogens is 1. The van der Waals surface area contributed by atoms with Crippen LogP contribution in [-0.4, -0.2) is 15.8 Å². The van der Waals surface area contributed by atoms with Crippen LogP contribution in [0.1, 0.15) is 44.4 Å². The lowest BCUT2D eigenvalue weighted by atomic mass is 9.97. The molecule has 154 valence electrons. The first kappa shape index (κ1) is 19.2. The van der Waals surface area contributed by atoms with Gasteiger partial charge in [0.25, 0.3) is 5.91 Å². The maximum Gasteiger partial charge on any atom is 0.291 e. The minimum Gasteiger partial charge on any atom is -0.450 e. The highest BCUT2D eigenvalue weighted by Gasteiger charge is 2.43. The molecule has 4 aromatic rings. The third-order valence-corrected chi connectivity index (χ3v) is 5.67. The van der Waals surface area contributed by atoms with Crippen LogP contribution in [0, 0.1) is 19.7 Å². The molecule has 5 rings (SSSR count). The third kappa shape index (κ3) is 3.03. The lowest BCUT2D eigenvalue weighted by Crippen LogP contribution is -2.29. The Balaban J connectivity index is 1.79. The van der Waals surface area contributed by atoms with Crippen molar-refractivity contribution in [3.63, 3.8) is 0 Å². The van der Waals surface area contributed by atoms with E-state index in [4.69, 9.17) is 4.42 Å². The number of nitrogens with zero attached hydrogens (tertiary/aromatic N) is 2.